The van der Waals surface area contributed by atoms with Crippen LogP contribution in [0.15, 0.2) is 18.2 Å². The first-order chi connectivity index (χ1) is 7.13. The summed E-state index contributed by atoms with van der Waals surface area (Å²) in [4.78, 5) is 11.3. The highest BCUT2D eigenvalue weighted by atomic mass is 16.3. The van der Waals surface area contributed by atoms with Crippen LogP contribution in [0.2, 0.25) is 0 Å². The van der Waals surface area contributed by atoms with Gasteiger partial charge in [0, 0.05) is 11.8 Å². The normalized spacial score (nSPS) is 10.0. The lowest BCUT2D eigenvalue weighted by atomic mass is 10.2. The van der Waals surface area contributed by atoms with Crippen molar-refractivity contribution in [3.63, 3.8) is 0 Å². The van der Waals surface area contributed by atoms with Crippen molar-refractivity contribution >= 4 is 11.6 Å². The van der Waals surface area contributed by atoms with E-state index in [1.807, 2.05) is 6.92 Å². The Hall–Kier alpha value is -1.55. The van der Waals surface area contributed by atoms with Crippen LogP contribution >= 0.6 is 0 Å². The largest absolute Gasteiger partial charge is 0.508 e. The van der Waals surface area contributed by atoms with E-state index in [1.54, 1.807) is 25.1 Å². The summed E-state index contributed by atoms with van der Waals surface area (Å²) in [5.41, 5.74) is 1.40. The van der Waals surface area contributed by atoms with Gasteiger partial charge in [0.1, 0.15) is 5.75 Å². The molecule has 0 heterocycles. The maximum atomic E-state index is 11.3. The molecule has 4 heteroatoms. The van der Waals surface area contributed by atoms with E-state index in [1.165, 1.54) is 0 Å². The molecule has 0 aliphatic heterocycles. The average molecular weight is 208 g/mol. The fourth-order valence-electron chi connectivity index (χ4n) is 1.13. The third kappa shape index (κ3) is 3.59. The van der Waals surface area contributed by atoms with Crippen molar-refractivity contribution in [3.05, 3.63) is 23.8 Å². The van der Waals surface area contributed by atoms with Gasteiger partial charge in [-0.05, 0) is 25.1 Å². The van der Waals surface area contributed by atoms with Gasteiger partial charge in [-0.25, -0.2) is 0 Å². The van der Waals surface area contributed by atoms with Crippen molar-refractivity contribution in [2.75, 3.05) is 18.4 Å². The Kier molecular flexibility index (Phi) is 4.12. The van der Waals surface area contributed by atoms with Crippen LogP contribution in [-0.2, 0) is 4.79 Å². The number of phenolic OH excluding ortho intramolecular Hbond substituents is 1. The monoisotopic (exact) mass is 208 g/mol. The van der Waals surface area contributed by atoms with Crippen LogP contribution in [0.1, 0.15) is 12.5 Å². The van der Waals surface area contributed by atoms with Crippen molar-refractivity contribution in [2.45, 2.75) is 13.8 Å². The van der Waals surface area contributed by atoms with Crippen molar-refractivity contribution in [2.24, 2.45) is 0 Å². The first kappa shape index (κ1) is 11.5. The second kappa shape index (κ2) is 5.36. The van der Waals surface area contributed by atoms with Crippen molar-refractivity contribution < 1.29 is 9.90 Å². The van der Waals surface area contributed by atoms with Gasteiger partial charge in [0.05, 0.1) is 6.54 Å². The van der Waals surface area contributed by atoms with Gasteiger partial charge in [-0.15, -0.1) is 0 Å². The number of hydrogen-bond donors (Lipinski definition) is 3. The number of anilines is 1. The molecular weight excluding hydrogens is 192 g/mol. The lowest BCUT2D eigenvalue weighted by Crippen LogP contribution is -2.27. The molecule has 0 saturated carbocycles. The number of phenols is 1. The Labute approximate surface area is 89.3 Å². The number of amides is 1. The molecule has 82 valence electrons. The first-order valence-corrected chi connectivity index (χ1v) is 4.93. The van der Waals surface area contributed by atoms with Gasteiger partial charge in [0.25, 0.3) is 0 Å². The molecule has 0 aliphatic carbocycles. The molecule has 1 aromatic rings. The van der Waals surface area contributed by atoms with Gasteiger partial charge in [-0.3, -0.25) is 4.79 Å². The molecule has 0 atom stereocenters. The van der Waals surface area contributed by atoms with Gasteiger partial charge in [0.2, 0.25) is 5.91 Å². The van der Waals surface area contributed by atoms with Crippen LogP contribution in [0.25, 0.3) is 0 Å². The maximum Gasteiger partial charge on any atom is 0.238 e. The predicted octanol–water partition coefficient (Wildman–Crippen LogP) is 1.25. The van der Waals surface area contributed by atoms with E-state index in [9.17, 15) is 9.90 Å². The molecule has 0 saturated heterocycles. The van der Waals surface area contributed by atoms with Gasteiger partial charge in [-0.2, -0.15) is 0 Å². The zero-order valence-electron chi connectivity index (χ0n) is 9.00. The highest BCUT2D eigenvalue weighted by Crippen LogP contribution is 2.20. The molecule has 0 aromatic heterocycles. The van der Waals surface area contributed by atoms with E-state index < -0.39 is 0 Å². The number of nitrogens with one attached hydrogen (secondary N) is 2. The Bertz CT molecular complexity index is 350. The van der Waals surface area contributed by atoms with E-state index in [0.29, 0.717) is 5.69 Å². The third-order valence-corrected chi connectivity index (χ3v) is 2.03. The highest BCUT2D eigenvalue weighted by molar-refractivity contribution is 5.92. The predicted molar refractivity (Wildman–Crippen MR) is 60.0 cm³/mol. The molecule has 1 amide bonds. The van der Waals surface area contributed by atoms with Crippen molar-refractivity contribution in [1.29, 1.82) is 0 Å². The quantitative estimate of drug-likeness (QED) is 0.697. The zero-order chi connectivity index (χ0) is 11.3. The Morgan fingerprint density at radius 1 is 1.47 bits per heavy atom. The summed E-state index contributed by atoms with van der Waals surface area (Å²) in [6.07, 6.45) is 0. The summed E-state index contributed by atoms with van der Waals surface area (Å²) in [7, 11) is 0. The summed E-state index contributed by atoms with van der Waals surface area (Å²) >= 11 is 0. The number of aromatic hydroxyl groups is 1. The standard InChI is InChI=1S/C11H16N2O2/c1-3-12-7-11(15)13-9-5-4-8(2)10(14)6-9/h4-6,12,14H,3,7H2,1-2H3,(H,13,15). The minimum Gasteiger partial charge on any atom is -0.508 e. The summed E-state index contributed by atoms with van der Waals surface area (Å²) in [6, 6.07) is 5.07. The van der Waals surface area contributed by atoms with Crippen LogP contribution < -0.4 is 10.6 Å². The van der Waals surface area contributed by atoms with Crippen molar-refractivity contribution in [3.8, 4) is 5.75 Å². The molecule has 0 radical (unpaired) electrons. The number of carbonyl (C=O) groups is 1. The summed E-state index contributed by atoms with van der Waals surface area (Å²) in [5, 5.41) is 15.0. The SMILES string of the molecule is CCNCC(=O)Nc1ccc(C)c(O)c1. The van der Waals surface area contributed by atoms with Gasteiger partial charge < -0.3 is 15.7 Å². The second-order valence-corrected chi connectivity index (χ2v) is 3.33. The highest BCUT2D eigenvalue weighted by Gasteiger charge is 2.02. The average Bonchev–Trinajstić information content (AvgIpc) is 2.20. The number of aryl methyl sites for hydroxylation is 1. The first-order valence-electron chi connectivity index (χ1n) is 4.93. The molecule has 15 heavy (non-hydrogen) atoms. The number of hydrogen-bond acceptors (Lipinski definition) is 3. The number of likely N-dealkylation sites (N-methyl/N-ethyl adjacent to an activating group) is 1. The molecule has 0 aliphatic rings. The summed E-state index contributed by atoms with van der Waals surface area (Å²) in [5.74, 6) is 0.0800. The van der Waals surface area contributed by atoms with E-state index in [4.69, 9.17) is 0 Å². The number of carbonyl (C=O) groups excluding carboxylic acids is 1. The maximum absolute atomic E-state index is 11.3. The van der Waals surface area contributed by atoms with Crippen LogP contribution in [0, 0.1) is 6.92 Å². The Morgan fingerprint density at radius 2 is 2.20 bits per heavy atom. The topological polar surface area (TPSA) is 61.4 Å². The van der Waals surface area contributed by atoms with E-state index in [-0.39, 0.29) is 18.2 Å². The molecule has 1 aromatic carbocycles. The molecule has 4 nitrogen and oxygen atoms in total. The van der Waals surface area contributed by atoms with Gasteiger partial charge in [-0.1, -0.05) is 13.0 Å². The fourth-order valence-corrected chi connectivity index (χ4v) is 1.13. The molecule has 0 unspecified atom stereocenters. The van der Waals surface area contributed by atoms with E-state index in [0.717, 1.165) is 12.1 Å². The molecule has 0 spiro atoms. The minimum atomic E-state index is -0.111. The molecule has 3 N–H and O–H groups in total. The van der Waals surface area contributed by atoms with E-state index in [2.05, 4.69) is 10.6 Å². The minimum absolute atomic E-state index is 0.111. The molecule has 0 bridgehead atoms. The summed E-state index contributed by atoms with van der Waals surface area (Å²) in [6.45, 7) is 4.78. The summed E-state index contributed by atoms with van der Waals surface area (Å²) < 4.78 is 0. The van der Waals surface area contributed by atoms with Crippen LogP contribution in [0.4, 0.5) is 5.69 Å². The number of rotatable bonds is 4. The smallest absolute Gasteiger partial charge is 0.238 e. The lowest BCUT2D eigenvalue weighted by Gasteiger charge is -2.06. The number of benzene rings is 1. The fraction of sp³-hybridized carbons (Fsp3) is 0.364. The second-order valence-electron chi connectivity index (χ2n) is 3.33. The third-order valence-electron chi connectivity index (χ3n) is 2.03. The lowest BCUT2D eigenvalue weighted by molar-refractivity contribution is -0.115. The zero-order valence-corrected chi connectivity index (χ0v) is 9.00. The molecular formula is C11H16N2O2. The van der Waals surface area contributed by atoms with Crippen LogP contribution in [0.5, 0.6) is 5.75 Å². The Balaban J connectivity index is 2.57. The van der Waals surface area contributed by atoms with Gasteiger partial charge >= 0.3 is 0 Å². The van der Waals surface area contributed by atoms with Crippen LogP contribution in [-0.4, -0.2) is 24.1 Å². The molecule has 1 rings (SSSR count). The Morgan fingerprint density at radius 3 is 2.80 bits per heavy atom. The van der Waals surface area contributed by atoms with E-state index >= 15 is 0 Å². The van der Waals surface area contributed by atoms with Crippen LogP contribution in [0.3, 0.4) is 0 Å². The molecule has 0 fully saturated rings. The van der Waals surface area contributed by atoms with Crippen molar-refractivity contribution in [1.82, 2.24) is 5.32 Å². The van der Waals surface area contributed by atoms with Gasteiger partial charge in [0.15, 0.2) is 0 Å².